The van der Waals surface area contributed by atoms with E-state index < -0.39 is 6.10 Å². The molecule has 1 heterocycles. The van der Waals surface area contributed by atoms with E-state index in [1.807, 2.05) is 6.07 Å². The summed E-state index contributed by atoms with van der Waals surface area (Å²) in [6, 6.07) is 6.98. The first-order chi connectivity index (χ1) is 10.0. The highest BCUT2D eigenvalue weighted by Crippen LogP contribution is 2.20. The Morgan fingerprint density at radius 1 is 1.33 bits per heavy atom. The number of ether oxygens (including phenoxy) is 2. The molecule has 6 nitrogen and oxygen atoms in total. The van der Waals surface area contributed by atoms with Crippen LogP contribution in [0.2, 0.25) is 0 Å². The molecule has 3 atom stereocenters. The fourth-order valence-corrected chi connectivity index (χ4v) is 2.44. The molecule has 1 saturated heterocycles. The zero-order chi connectivity index (χ0) is 15.4. The first kappa shape index (κ1) is 15.8. The quantitative estimate of drug-likeness (QED) is 0.885. The molecule has 21 heavy (non-hydrogen) atoms. The lowest BCUT2D eigenvalue weighted by atomic mass is 10.1. The second kappa shape index (κ2) is 6.89. The predicted octanol–water partition coefficient (Wildman–Crippen LogP) is 1.62. The fraction of sp³-hybridized carbons (Fsp3) is 0.533. The zero-order valence-corrected chi connectivity index (χ0v) is 12.6. The highest BCUT2D eigenvalue weighted by molar-refractivity contribution is 5.89. The third-order valence-corrected chi connectivity index (χ3v) is 3.73. The maximum atomic E-state index is 12.3. The summed E-state index contributed by atoms with van der Waals surface area (Å²) in [5.74, 6) is 0. The van der Waals surface area contributed by atoms with Crippen LogP contribution in [0.4, 0.5) is 10.5 Å². The molecule has 1 aromatic carbocycles. The van der Waals surface area contributed by atoms with Crippen molar-refractivity contribution in [1.29, 1.82) is 0 Å². The van der Waals surface area contributed by atoms with Gasteiger partial charge in [-0.1, -0.05) is 12.1 Å². The molecule has 1 aliphatic heterocycles. The molecule has 2 rings (SSSR count). The summed E-state index contributed by atoms with van der Waals surface area (Å²) in [5, 5.41) is 12.4. The number of nitrogens with zero attached hydrogens (tertiary/aromatic N) is 1. The minimum Gasteiger partial charge on any atom is -0.389 e. The molecule has 0 radical (unpaired) electrons. The molecule has 0 aromatic heterocycles. The van der Waals surface area contributed by atoms with Gasteiger partial charge < -0.3 is 24.8 Å². The van der Waals surface area contributed by atoms with E-state index in [2.05, 4.69) is 5.32 Å². The van der Waals surface area contributed by atoms with Crippen LogP contribution in [0.5, 0.6) is 0 Å². The Labute approximate surface area is 124 Å². The summed E-state index contributed by atoms with van der Waals surface area (Å²) in [6.07, 6.45) is -0.779. The van der Waals surface area contributed by atoms with Crippen LogP contribution < -0.4 is 5.32 Å². The lowest BCUT2D eigenvalue weighted by molar-refractivity contribution is -0.00461. The minimum absolute atomic E-state index is 0.107. The average molecular weight is 294 g/mol. The van der Waals surface area contributed by atoms with Gasteiger partial charge in [0.15, 0.2) is 0 Å². The van der Waals surface area contributed by atoms with Gasteiger partial charge in [-0.3, -0.25) is 0 Å². The zero-order valence-electron chi connectivity index (χ0n) is 12.6. The number of aliphatic hydroxyl groups excluding tert-OH is 1. The Kier molecular flexibility index (Phi) is 5.17. The topological polar surface area (TPSA) is 71.0 Å². The van der Waals surface area contributed by atoms with Crippen molar-refractivity contribution in [2.45, 2.75) is 25.2 Å². The third kappa shape index (κ3) is 3.72. The van der Waals surface area contributed by atoms with Crippen LogP contribution in [0.25, 0.3) is 0 Å². The number of rotatable bonds is 4. The third-order valence-electron chi connectivity index (χ3n) is 3.73. The van der Waals surface area contributed by atoms with Crippen LogP contribution in [-0.4, -0.2) is 55.6 Å². The van der Waals surface area contributed by atoms with E-state index in [1.54, 1.807) is 44.2 Å². The number of carbonyl (C=O) groups excluding carboxylic acids is 1. The normalized spacial score (nSPS) is 23.1. The second-order valence-electron chi connectivity index (χ2n) is 5.18. The molecule has 1 fully saturated rings. The van der Waals surface area contributed by atoms with Crippen molar-refractivity contribution in [3.8, 4) is 0 Å². The van der Waals surface area contributed by atoms with Crippen molar-refractivity contribution in [3.05, 3.63) is 29.8 Å². The monoisotopic (exact) mass is 294 g/mol. The predicted molar refractivity (Wildman–Crippen MR) is 79.3 cm³/mol. The Balaban J connectivity index is 2.00. The lowest BCUT2D eigenvalue weighted by Gasteiger charge is -2.17. The van der Waals surface area contributed by atoms with Crippen molar-refractivity contribution in [2.75, 3.05) is 32.6 Å². The maximum Gasteiger partial charge on any atom is 0.322 e. The fourth-order valence-electron chi connectivity index (χ4n) is 2.44. The number of aliphatic hydroxyl groups is 1. The van der Waals surface area contributed by atoms with Gasteiger partial charge in [0.1, 0.15) is 12.2 Å². The van der Waals surface area contributed by atoms with Gasteiger partial charge in [0.2, 0.25) is 0 Å². The molecule has 2 N–H and O–H groups in total. The smallest absolute Gasteiger partial charge is 0.322 e. The Hall–Kier alpha value is -1.63. The number of amides is 2. The summed E-state index contributed by atoms with van der Waals surface area (Å²) in [5.41, 5.74) is 1.42. The van der Waals surface area contributed by atoms with Crippen molar-refractivity contribution in [1.82, 2.24) is 4.90 Å². The van der Waals surface area contributed by atoms with Crippen molar-refractivity contribution in [2.24, 2.45) is 0 Å². The Bertz CT molecular complexity index is 480. The van der Waals surface area contributed by atoms with Gasteiger partial charge in [-0.2, -0.15) is 0 Å². The summed E-state index contributed by atoms with van der Waals surface area (Å²) in [6.45, 7) is 2.68. The molecule has 0 aliphatic carbocycles. The summed E-state index contributed by atoms with van der Waals surface area (Å²) < 4.78 is 10.6. The van der Waals surface area contributed by atoms with Gasteiger partial charge in [-0.15, -0.1) is 0 Å². The van der Waals surface area contributed by atoms with E-state index in [-0.39, 0.29) is 18.2 Å². The van der Waals surface area contributed by atoms with Gasteiger partial charge in [0, 0.05) is 19.9 Å². The van der Waals surface area contributed by atoms with E-state index in [0.717, 1.165) is 5.56 Å². The van der Waals surface area contributed by atoms with Crippen LogP contribution in [-0.2, 0) is 9.47 Å². The maximum absolute atomic E-state index is 12.3. The molecule has 2 amide bonds. The van der Waals surface area contributed by atoms with Crippen LogP contribution in [0.1, 0.15) is 18.6 Å². The number of nitrogens with one attached hydrogen (secondary N) is 1. The van der Waals surface area contributed by atoms with Crippen LogP contribution in [0, 0.1) is 0 Å². The molecule has 6 heteroatoms. The largest absolute Gasteiger partial charge is 0.389 e. The van der Waals surface area contributed by atoms with Crippen molar-refractivity contribution in [3.63, 3.8) is 0 Å². The van der Waals surface area contributed by atoms with Crippen molar-refractivity contribution >= 4 is 11.7 Å². The number of anilines is 1. The number of urea groups is 1. The lowest BCUT2D eigenvalue weighted by Crippen LogP contribution is -2.34. The minimum atomic E-state index is -0.565. The SMILES string of the molecule is COC1CN(C(=O)Nc2cccc(C(C)O)c2)CC1OC. The van der Waals surface area contributed by atoms with Gasteiger partial charge in [0.25, 0.3) is 0 Å². The molecular formula is C15H22N2O4. The van der Waals surface area contributed by atoms with E-state index in [4.69, 9.17) is 9.47 Å². The van der Waals surface area contributed by atoms with E-state index in [0.29, 0.717) is 18.8 Å². The Morgan fingerprint density at radius 2 is 1.95 bits per heavy atom. The number of methoxy groups -OCH3 is 2. The second-order valence-corrected chi connectivity index (χ2v) is 5.18. The average Bonchev–Trinajstić information content (AvgIpc) is 2.91. The Morgan fingerprint density at radius 3 is 2.48 bits per heavy atom. The molecule has 1 aliphatic rings. The first-order valence-electron chi connectivity index (χ1n) is 6.94. The van der Waals surface area contributed by atoms with Crippen molar-refractivity contribution < 1.29 is 19.4 Å². The molecule has 0 saturated carbocycles. The van der Waals surface area contributed by atoms with E-state index >= 15 is 0 Å². The summed E-state index contributed by atoms with van der Waals surface area (Å²) in [4.78, 5) is 13.9. The molecular weight excluding hydrogens is 272 g/mol. The van der Waals surface area contributed by atoms with Crippen LogP contribution in [0.3, 0.4) is 0 Å². The van der Waals surface area contributed by atoms with Gasteiger partial charge in [0.05, 0.1) is 19.2 Å². The number of carbonyl (C=O) groups is 1. The van der Waals surface area contributed by atoms with Crippen LogP contribution >= 0.6 is 0 Å². The summed E-state index contributed by atoms with van der Waals surface area (Å²) >= 11 is 0. The van der Waals surface area contributed by atoms with E-state index in [9.17, 15) is 9.90 Å². The number of hydrogen-bond acceptors (Lipinski definition) is 4. The van der Waals surface area contributed by atoms with E-state index in [1.165, 1.54) is 0 Å². The van der Waals surface area contributed by atoms with Gasteiger partial charge >= 0.3 is 6.03 Å². The molecule has 1 aromatic rings. The molecule has 0 bridgehead atoms. The first-order valence-corrected chi connectivity index (χ1v) is 6.94. The highest BCUT2D eigenvalue weighted by atomic mass is 16.5. The standard InChI is InChI=1S/C15H22N2O4/c1-10(18)11-5-4-6-12(7-11)16-15(19)17-8-13(20-2)14(9-17)21-3/h4-7,10,13-14,18H,8-9H2,1-3H3,(H,16,19). The summed E-state index contributed by atoms with van der Waals surface area (Å²) in [7, 11) is 3.23. The highest BCUT2D eigenvalue weighted by Gasteiger charge is 2.35. The molecule has 3 unspecified atom stereocenters. The van der Waals surface area contributed by atoms with Gasteiger partial charge in [-0.05, 0) is 24.6 Å². The number of likely N-dealkylation sites (tertiary alicyclic amines) is 1. The van der Waals surface area contributed by atoms with Crippen LogP contribution in [0.15, 0.2) is 24.3 Å². The number of hydrogen-bond donors (Lipinski definition) is 2. The molecule has 0 spiro atoms. The molecule has 116 valence electrons. The number of benzene rings is 1. The van der Waals surface area contributed by atoms with Gasteiger partial charge in [-0.25, -0.2) is 4.79 Å².